The van der Waals surface area contributed by atoms with Crippen LogP contribution in [0, 0.1) is 0 Å². The van der Waals surface area contributed by atoms with Crippen molar-refractivity contribution in [3.8, 4) is 0 Å². The van der Waals surface area contributed by atoms with Crippen molar-refractivity contribution >= 4 is 23.2 Å². The number of carbonyl (C=O) groups is 1. The summed E-state index contributed by atoms with van der Waals surface area (Å²) in [5, 5.41) is 9.04. The summed E-state index contributed by atoms with van der Waals surface area (Å²) in [6, 6.07) is -0.355. The van der Waals surface area contributed by atoms with Crippen LogP contribution in [0.15, 0.2) is 0 Å². The minimum Gasteiger partial charge on any atom is -0.480 e. The van der Waals surface area contributed by atoms with E-state index in [-0.39, 0.29) is 6.04 Å². The van der Waals surface area contributed by atoms with E-state index in [1.54, 1.807) is 0 Å². The number of rotatable bonds is 5. The van der Waals surface area contributed by atoms with Gasteiger partial charge in [-0.3, -0.25) is 14.6 Å². The van der Waals surface area contributed by atoms with Crippen molar-refractivity contribution in [2.24, 2.45) is 5.73 Å². The van der Waals surface area contributed by atoms with E-state index in [0.29, 0.717) is 18.0 Å². The Bertz CT molecular complexity index is 265. The van der Waals surface area contributed by atoms with E-state index < -0.39 is 5.97 Å². The fourth-order valence-electron chi connectivity index (χ4n) is 2.04. The minimum absolute atomic E-state index is 0.355. The maximum atomic E-state index is 11.0. The highest BCUT2D eigenvalue weighted by Crippen LogP contribution is 2.09. The largest absolute Gasteiger partial charge is 0.480 e. The van der Waals surface area contributed by atoms with Gasteiger partial charge in [-0.05, 0) is 6.42 Å². The first-order chi connectivity index (χ1) is 7.54. The molecule has 1 heterocycles. The summed E-state index contributed by atoms with van der Waals surface area (Å²) in [5.41, 5.74) is 5.47. The molecule has 1 atom stereocenters. The molecule has 6 heteroatoms. The highest BCUT2D eigenvalue weighted by molar-refractivity contribution is 7.80. The molecule has 1 unspecified atom stereocenters. The van der Waals surface area contributed by atoms with Crippen LogP contribution in [0.5, 0.6) is 0 Å². The Hall–Kier alpha value is -0.720. The molecule has 0 saturated carbocycles. The first-order valence-corrected chi connectivity index (χ1v) is 5.93. The molecule has 0 radical (unpaired) electrons. The normalized spacial score (nSPS) is 20.6. The van der Waals surface area contributed by atoms with Gasteiger partial charge >= 0.3 is 5.97 Å². The highest BCUT2D eigenvalue weighted by Gasteiger charge is 2.27. The summed E-state index contributed by atoms with van der Waals surface area (Å²) in [6.07, 6.45) is 0.643. The second-order valence-electron chi connectivity index (χ2n) is 4.04. The molecule has 0 aliphatic carbocycles. The maximum absolute atomic E-state index is 11.0. The molecule has 3 N–H and O–H groups in total. The van der Waals surface area contributed by atoms with Gasteiger partial charge in [0.25, 0.3) is 0 Å². The van der Waals surface area contributed by atoms with Crippen molar-refractivity contribution in [2.75, 3.05) is 32.7 Å². The molecule has 5 nitrogen and oxygen atoms in total. The summed E-state index contributed by atoms with van der Waals surface area (Å²) in [4.78, 5) is 15.7. The summed E-state index contributed by atoms with van der Waals surface area (Å²) in [5.74, 6) is -0.731. The van der Waals surface area contributed by atoms with Crippen LogP contribution in [0.4, 0.5) is 0 Å². The van der Waals surface area contributed by atoms with Gasteiger partial charge in [0.1, 0.15) is 6.04 Å². The number of nitrogens with zero attached hydrogens (tertiary/aromatic N) is 2. The lowest BCUT2D eigenvalue weighted by Gasteiger charge is -2.37. The van der Waals surface area contributed by atoms with E-state index in [0.717, 1.165) is 26.2 Å². The average molecular weight is 245 g/mol. The Balaban J connectivity index is 2.41. The Labute approximate surface area is 101 Å². The van der Waals surface area contributed by atoms with Gasteiger partial charge in [-0.1, -0.05) is 19.1 Å². The van der Waals surface area contributed by atoms with Gasteiger partial charge in [0.15, 0.2) is 0 Å². The molecule has 92 valence electrons. The van der Waals surface area contributed by atoms with E-state index in [9.17, 15) is 4.79 Å². The fraction of sp³-hybridized carbons (Fsp3) is 0.800. The van der Waals surface area contributed by atoms with Gasteiger partial charge in [0.2, 0.25) is 0 Å². The van der Waals surface area contributed by atoms with Gasteiger partial charge in [-0.2, -0.15) is 0 Å². The molecule has 1 aliphatic heterocycles. The third-order valence-electron chi connectivity index (χ3n) is 2.90. The predicted octanol–water partition coefficient (Wildman–Crippen LogP) is -0.247. The number of carboxylic acid groups (broad SMARTS) is 1. The van der Waals surface area contributed by atoms with E-state index in [1.807, 2.05) is 11.8 Å². The third-order valence-corrected chi connectivity index (χ3v) is 3.03. The number of piperazine rings is 1. The van der Waals surface area contributed by atoms with Crippen molar-refractivity contribution in [1.29, 1.82) is 0 Å². The van der Waals surface area contributed by atoms with Crippen LogP contribution in [0.25, 0.3) is 0 Å². The fourth-order valence-corrected chi connectivity index (χ4v) is 2.23. The van der Waals surface area contributed by atoms with Crippen molar-refractivity contribution in [3.63, 3.8) is 0 Å². The van der Waals surface area contributed by atoms with Gasteiger partial charge in [0, 0.05) is 32.7 Å². The molecule has 0 aromatic carbocycles. The zero-order chi connectivity index (χ0) is 12.1. The van der Waals surface area contributed by atoms with Crippen molar-refractivity contribution in [1.82, 2.24) is 9.80 Å². The smallest absolute Gasteiger partial charge is 0.320 e. The van der Waals surface area contributed by atoms with Crippen LogP contribution in [-0.4, -0.2) is 64.6 Å². The number of thiocarbonyl (C=S) groups is 1. The van der Waals surface area contributed by atoms with Crippen LogP contribution in [0.1, 0.15) is 13.3 Å². The molecule has 0 spiro atoms. The predicted molar refractivity (Wildman–Crippen MR) is 66.5 cm³/mol. The lowest BCUT2D eigenvalue weighted by Crippen LogP contribution is -2.53. The second kappa shape index (κ2) is 6.12. The minimum atomic E-state index is -0.731. The quantitative estimate of drug-likeness (QED) is 0.651. The van der Waals surface area contributed by atoms with E-state index >= 15 is 0 Å². The van der Waals surface area contributed by atoms with Gasteiger partial charge in [0.05, 0.1) is 4.99 Å². The number of aliphatic carboxylic acids is 1. The van der Waals surface area contributed by atoms with Crippen molar-refractivity contribution in [2.45, 2.75) is 19.4 Å². The number of hydrogen-bond acceptors (Lipinski definition) is 4. The summed E-state index contributed by atoms with van der Waals surface area (Å²) < 4.78 is 0. The van der Waals surface area contributed by atoms with Gasteiger partial charge in [-0.15, -0.1) is 0 Å². The summed E-state index contributed by atoms with van der Waals surface area (Å²) in [6.45, 7) is 5.75. The Kier molecular flexibility index (Phi) is 5.11. The molecular formula is C10H19N3O2S. The molecule has 16 heavy (non-hydrogen) atoms. The summed E-state index contributed by atoms with van der Waals surface area (Å²) in [7, 11) is 0. The average Bonchev–Trinajstić information content (AvgIpc) is 2.20. The zero-order valence-corrected chi connectivity index (χ0v) is 10.4. The Morgan fingerprint density at radius 2 is 2.00 bits per heavy atom. The topological polar surface area (TPSA) is 69.8 Å². The molecule has 0 bridgehead atoms. The highest BCUT2D eigenvalue weighted by atomic mass is 32.1. The van der Waals surface area contributed by atoms with Crippen LogP contribution in [-0.2, 0) is 4.79 Å². The van der Waals surface area contributed by atoms with Gasteiger partial charge in [-0.25, -0.2) is 0 Å². The summed E-state index contributed by atoms with van der Waals surface area (Å²) >= 11 is 4.85. The zero-order valence-electron chi connectivity index (χ0n) is 9.56. The monoisotopic (exact) mass is 245 g/mol. The standard InChI is InChI=1S/C10H19N3O2S/c1-2-8(10(14)15)13-5-3-12(4-6-13)7-9(11)16/h8H,2-7H2,1H3,(H2,11,16)(H,14,15). The van der Waals surface area contributed by atoms with E-state index in [1.165, 1.54) is 0 Å². The maximum Gasteiger partial charge on any atom is 0.320 e. The van der Waals surface area contributed by atoms with E-state index in [2.05, 4.69) is 4.90 Å². The Morgan fingerprint density at radius 3 is 2.38 bits per heavy atom. The molecule has 1 saturated heterocycles. The van der Waals surface area contributed by atoms with Crippen molar-refractivity contribution in [3.05, 3.63) is 0 Å². The molecule has 1 fully saturated rings. The molecular weight excluding hydrogens is 226 g/mol. The Morgan fingerprint density at radius 1 is 1.44 bits per heavy atom. The van der Waals surface area contributed by atoms with Crippen LogP contribution >= 0.6 is 12.2 Å². The molecule has 0 aromatic heterocycles. The van der Waals surface area contributed by atoms with Crippen LogP contribution in [0.3, 0.4) is 0 Å². The molecule has 1 aliphatic rings. The SMILES string of the molecule is CCC(C(=O)O)N1CCN(CC(N)=S)CC1. The number of nitrogens with two attached hydrogens (primary N) is 1. The van der Waals surface area contributed by atoms with Crippen molar-refractivity contribution < 1.29 is 9.90 Å². The molecule has 0 amide bonds. The molecule has 1 rings (SSSR count). The number of hydrogen-bond donors (Lipinski definition) is 2. The second-order valence-corrected chi connectivity index (χ2v) is 4.57. The van der Waals surface area contributed by atoms with E-state index in [4.69, 9.17) is 23.1 Å². The van der Waals surface area contributed by atoms with Gasteiger partial charge < -0.3 is 10.8 Å². The van der Waals surface area contributed by atoms with Crippen LogP contribution in [0.2, 0.25) is 0 Å². The molecule has 0 aromatic rings. The first-order valence-electron chi connectivity index (χ1n) is 5.52. The third kappa shape index (κ3) is 3.70. The lowest BCUT2D eigenvalue weighted by molar-refractivity contribution is -0.144. The number of carboxylic acids is 1. The van der Waals surface area contributed by atoms with Crippen LogP contribution < -0.4 is 5.73 Å². The first kappa shape index (κ1) is 13.3. The lowest BCUT2D eigenvalue weighted by atomic mass is 10.1.